The van der Waals surface area contributed by atoms with Crippen molar-refractivity contribution < 1.29 is 13.2 Å². The average molecular weight is 444 g/mol. The van der Waals surface area contributed by atoms with Crippen molar-refractivity contribution in [2.45, 2.75) is 6.18 Å². The Morgan fingerprint density at radius 3 is 2.16 bits per heavy atom. The van der Waals surface area contributed by atoms with Gasteiger partial charge in [0.1, 0.15) is 23.3 Å². The summed E-state index contributed by atoms with van der Waals surface area (Å²) in [6.07, 6.45) is -2.01. The quantitative estimate of drug-likeness (QED) is 0.569. The summed E-state index contributed by atoms with van der Waals surface area (Å²) in [4.78, 5) is 12.2. The summed E-state index contributed by atoms with van der Waals surface area (Å²) >= 11 is 6.09. The highest BCUT2D eigenvalue weighted by Crippen LogP contribution is 2.34. The largest absolute Gasteiger partial charge is 0.417 e. The maximum absolute atomic E-state index is 12.9. The minimum absolute atomic E-state index is 0.0369. The molecule has 5 nitrogen and oxygen atoms in total. The molecule has 0 bridgehead atoms. The van der Waals surface area contributed by atoms with Crippen molar-refractivity contribution in [1.29, 1.82) is 5.26 Å². The number of rotatable bonds is 3. The summed E-state index contributed by atoms with van der Waals surface area (Å²) in [6, 6.07) is 14.6. The van der Waals surface area contributed by atoms with Crippen LogP contribution in [0.15, 0.2) is 54.9 Å². The van der Waals surface area contributed by atoms with Crippen LogP contribution in [0.4, 0.5) is 24.8 Å². The van der Waals surface area contributed by atoms with Gasteiger partial charge in [-0.1, -0.05) is 41.9 Å². The Labute approximate surface area is 182 Å². The minimum Gasteiger partial charge on any atom is -0.352 e. The number of pyridine rings is 2. The summed E-state index contributed by atoms with van der Waals surface area (Å²) in [7, 11) is 0. The van der Waals surface area contributed by atoms with E-state index in [0.717, 1.165) is 23.4 Å². The normalized spacial score (nSPS) is 14.4. The molecule has 0 N–H and O–H groups in total. The Morgan fingerprint density at radius 2 is 1.58 bits per heavy atom. The predicted molar refractivity (Wildman–Crippen MR) is 113 cm³/mol. The lowest BCUT2D eigenvalue weighted by atomic mass is 10.0. The summed E-state index contributed by atoms with van der Waals surface area (Å²) in [5, 5.41) is 9.77. The molecule has 0 aliphatic carbocycles. The molecule has 0 unspecified atom stereocenters. The zero-order chi connectivity index (χ0) is 22.0. The molecule has 0 spiro atoms. The van der Waals surface area contributed by atoms with Gasteiger partial charge >= 0.3 is 6.18 Å². The zero-order valence-corrected chi connectivity index (χ0v) is 17.0. The van der Waals surface area contributed by atoms with Crippen LogP contribution in [0, 0.1) is 11.3 Å². The van der Waals surface area contributed by atoms with Gasteiger partial charge in [0.25, 0.3) is 0 Å². The fourth-order valence-corrected chi connectivity index (χ4v) is 3.89. The Bertz CT molecular complexity index is 1120. The number of anilines is 2. The van der Waals surface area contributed by atoms with Crippen molar-refractivity contribution in [2.75, 3.05) is 36.0 Å². The highest BCUT2D eigenvalue weighted by atomic mass is 35.5. The molecule has 31 heavy (non-hydrogen) atoms. The molecule has 3 aromatic rings. The van der Waals surface area contributed by atoms with Crippen LogP contribution in [0.1, 0.15) is 11.1 Å². The van der Waals surface area contributed by atoms with Gasteiger partial charge in [-0.25, -0.2) is 9.97 Å². The third-order valence-corrected chi connectivity index (χ3v) is 5.43. The first-order chi connectivity index (χ1) is 14.9. The summed E-state index contributed by atoms with van der Waals surface area (Å²) in [6.45, 7) is 2.03. The molecular formula is C22H17ClF3N5. The molecule has 0 amide bonds. The van der Waals surface area contributed by atoms with Crippen molar-refractivity contribution in [3.63, 3.8) is 0 Å². The van der Waals surface area contributed by atoms with Crippen LogP contribution in [-0.4, -0.2) is 36.1 Å². The van der Waals surface area contributed by atoms with Gasteiger partial charge in [0.2, 0.25) is 0 Å². The van der Waals surface area contributed by atoms with Crippen LogP contribution in [0.25, 0.3) is 11.1 Å². The van der Waals surface area contributed by atoms with E-state index in [-0.39, 0.29) is 5.02 Å². The van der Waals surface area contributed by atoms with Crippen LogP contribution < -0.4 is 9.80 Å². The maximum atomic E-state index is 12.9. The molecule has 1 aromatic carbocycles. The van der Waals surface area contributed by atoms with Crippen LogP contribution in [0.3, 0.4) is 0 Å². The van der Waals surface area contributed by atoms with Gasteiger partial charge < -0.3 is 9.80 Å². The van der Waals surface area contributed by atoms with E-state index in [2.05, 4.69) is 16.0 Å². The Hall–Kier alpha value is -3.31. The number of hydrogen-bond acceptors (Lipinski definition) is 5. The molecule has 4 rings (SSSR count). The average Bonchev–Trinajstić information content (AvgIpc) is 2.78. The monoisotopic (exact) mass is 443 g/mol. The van der Waals surface area contributed by atoms with Gasteiger partial charge in [-0.05, 0) is 17.7 Å². The number of nitriles is 1. The maximum Gasteiger partial charge on any atom is 0.417 e. The third kappa shape index (κ3) is 4.28. The summed E-state index contributed by atoms with van der Waals surface area (Å²) in [5.41, 5.74) is 1.36. The molecule has 9 heteroatoms. The highest BCUT2D eigenvalue weighted by molar-refractivity contribution is 6.33. The van der Waals surface area contributed by atoms with E-state index in [1.165, 1.54) is 0 Å². The second-order valence-electron chi connectivity index (χ2n) is 7.04. The molecule has 158 valence electrons. The van der Waals surface area contributed by atoms with Crippen LogP contribution in [0.2, 0.25) is 5.02 Å². The van der Waals surface area contributed by atoms with E-state index in [1.807, 2.05) is 46.2 Å². The number of alkyl halides is 3. The molecule has 3 heterocycles. The fraction of sp³-hybridized carbons (Fsp3) is 0.227. The van der Waals surface area contributed by atoms with Crippen molar-refractivity contribution in [1.82, 2.24) is 9.97 Å². The number of benzene rings is 1. The molecule has 1 saturated heterocycles. The SMILES string of the molecule is N#Cc1c(-c2ccccc2)ccnc1N1CCN(c2ncc(C(F)(F)F)cc2Cl)CC1. The minimum atomic E-state index is -4.49. The van der Waals surface area contributed by atoms with E-state index < -0.39 is 11.7 Å². The van der Waals surface area contributed by atoms with Gasteiger partial charge in [-0.15, -0.1) is 0 Å². The molecule has 2 aromatic heterocycles. The molecule has 1 aliphatic heterocycles. The van der Waals surface area contributed by atoms with Crippen LogP contribution in [0.5, 0.6) is 0 Å². The zero-order valence-electron chi connectivity index (χ0n) is 16.3. The number of nitrogens with zero attached hydrogens (tertiary/aromatic N) is 5. The Morgan fingerprint density at radius 1 is 0.935 bits per heavy atom. The second-order valence-corrected chi connectivity index (χ2v) is 7.44. The molecule has 0 saturated carbocycles. The number of piperazine rings is 1. The molecule has 0 radical (unpaired) electrons. The van der Waals surface area contributed by atoms with Crippen molar-refractivity contribution >= 4 is 23.2 Å². The van der Waals surface area contributed by atoms with Crippen molar-refractivity contribution in [2.24, 2.45) is 0 Å². The van der Waals surface area contributed by atoms with Gasteiger partial charge in [-0.2, -0.15) is 18.4 Å². The van der Waals surface area contributed by atoms with E-state index in [1.54, 1.807) is 6.20 Å². The molecule has 1 fully saturated rings. The summed E-state index contributed by atoms with van der Waals surface area (Å²) < 4.78 is 38.6. The first kappa shape index (κ1) is 20.9. The van der Waals surface area contributed by atoms with E-state index in [9.17, 15) is 18.4 Å². The van der Waals surface area contributed by atoms with Crippen molar-refractivity contribution in [3.8, 4) is 17.2 Å². The van der Waals surface area contributed by atoms with E-state index in [0.29, 0.717) is 43.4 Å². The lowest BCUT2D eigenvalue weighted by Gasteiger charge is -2.36. The topological polar surface area (TPSA) is 56.1 Å². The third-order valence-electron chi connectivity index (χ3n) is 5.16. The number of hydrogen-bond donors (Lipinski definition) is 0. The van der Waals surface area contributed by atoms with Gasteiger partial charge in [0.15, 0.2) is 0 Å². The fourth-order valence-electron chi connectivity index (χ4n) is 3.61. The van der Waals surface area contributed by atoms with E-state index in [4.69, 9.17) is 11.6 Å². The standard InChI is InChI=1S/C22H17ClF3N5/c23-19-12-16(22(24,25)26)14-29-21(19)31-10-8-30(9-11-31)20-18(13-27)17(6-7-28-20)15-4-2-1-3-5-15/h1-7,12,14H,8-11H2. The van der Waals surface area contributed by atoms with Gasteiger partial charge in [0, 0.05) is 44.1 Å². The molecular weight excluding hydrogens is 427 g/mol. The van der Waals surface area contributed by atoms with E-state index >= 15 is 0 Å². The highest BCUT2D eigenvalue weighted by Gasteiger charge is 2.32. The van der Waals surface area contributed by atoms with Gasteiger partial charge in [0.05, 0.1) is 10.6 Å². The van der Waals surface area contributed by atoms with Crippen LogP contribution in [-0.2, 0) is 6.18 Å². The first-order valence-corrected chi connectivity index (χ1v) is 9.93. The molecule has 0 atom stereocenters. The number of halogens is 4. The Kier molecular flexibility index (Phi) is 5.70. The van der Waals surface area contributed by atoms with Gasteiger partial charge in [-0.3, -0.25) is 0 Å². The summed E-state index contributed by atoms with van der Waals surface area (Å²) in [5.74, 6) is 0.913. The number of aromatic nitrogens is 2. The predicted octanol–water partition coefficient (Wildman–Crippen LogP) is 5.01. The smallest absolute Gasteiger partial charge is 0.352 e. The lowest BCUT2D eigenvalue weighted by molar-refractivity contribution is -0.137. The Balaban J connectivity index is 1.54. The first-order valence-electron chi connectivity index (χ1n) is 9.55. The van der Waals surface area contributed by atoms with Crippen molar-refractivity contribution in [3.05, 3.63) is 71.0 Å². The van der Waals surface area contributed by atoms with Crippen LogP contribution >= 0.6 is 11.6 Å². The lowest BCUT2D eigenvalue weighted by Crippen LogP contribution is -2.47. The second kappa shape index (κ2) is 8.44. The molecule has 1 aliphatic rings.